The molecule has 0 aromatic heterocycles. The number of morpholine rings is 1. The Hall–Kier alpha value is -2.33. The van der Waals surface area contributed by atoms with Gasteiger partial charge in [-0.2, -0.15) is 13.2 Å². The third-order valence-electron chi connectivity index (χ3n) is 3.52. The minimum atomic E-state index is -4.34. The summed E-state index contributed by atoms with van der Waals surface area (Å²) in [6.07, 6.45) is -4.00. The number of hydrogen-bond donors (Lipinski definition) is 2. The summed E-state index contributed by atoms with van der Waals surface area (Å²) in [5.41, 5.74) is -0.686. The highest BCUT2D eigenvalue weighted by atomic mass is 19.4. The third-order valence-corrected chi connectivity index (χ3v) is 3.52. The zero-order chi connectivity index (χ0) is 20.6. The Bertz CT molecular complexity index is 615. The van der Waals surface area contributed by atoms with Crippen LogP contribution >= 0.6 is 0 Å². The Balaban J connectivity index is 0.000000527. The van der Waals surface area contributed by atoms with E-state index in [0.29, 0.717) is 13.2 Å². The molecule has 152 valence electrons. The Labute approximate surface area is 154 Å². The molecule has 1 aromatic carbocycles. The molecule has 1 aliphatic heterocycles. The highest BCUT2D eigenvalue weighted by molar-refractivity contribution is 6.27. The van der Waals surface area contributed by atoms with Crippen LogP contribution in [0, 0.1) is 0 Å². The topological polar surface area (TPSA) is 96.3 Å². The maximum Gasteiger partial charge on any atom is 0.416 e. The van der Waals surface area contributed by atoms with Gasteiger partial charge in [-0.05, 0) is 32.0 Å². The molecule has 2 atom stereocenters. The van der Waals surface area contributed by atoms with Gasteiger partial charge in [0.1, 0.15) is 12.4 Å². The summed E-state index contributed by atoms with van der Waals surface area (Å²) in [6.45, 7) is 6.69. The lowest BCUT2D eigenvalue weighted by Gasteiger charge is -2.35. The van der Waals surface area contributed by atoms with Crippen LogP contribution in [0.4, 0.5) is 13.2 Å². The summed E-state index contributed by atoms with van der Waals surface area (Å²) >= 11 is 0. The molecule has 2 rings (SSSR count). The van der Waals surface area contributed by atoms with Crippen LogP contribution in [-0.4, -0.2) is 65.5 Å². The smallest absolute Gasteiger partial charge is 0.416 e. The van der Waals surface area contributed by atoms with Gasteiger partial charge in [-0.3, -0.25) is 4.90 Å². The third kappa shape index (κ3) is 8.74. The number of carboxylic acid groups (broad SMARTS) is 2. The van der Waals surface area contributed by atoms with E-state index in [2.05, 4.69) is 4.90 Å². The first-order valence-corrected chi connectivity index (χ1v) is 8.13. The summed E-state index contributed by atoms with van der Waals surface area (Å²) in [6, 6.07) is 4.97. The van der Waals surface area contributed by atoms with Crippen molar-refractivity contribution in [1.29, 1.82) is 0 Å². The average molecular weight is 393 g/mol. The van der Waals surface area contributed by atoms with Crippen LogP contribution in [0.1, 0.15) is 19.4 Å². The molecule has 1 aliphatic rings. The largest absolute Gasteiger partial charge is 0.492 e. The first-order chi connectivity index (χ1) is 12.5. The molecular weight excluding hydrogens is 371 g/mol. The molecule has 2 unspecified atom stereocenters. The monoisotopic (exact) mass is 393 g/mol. The van der Waals surface area contributed by atoms with Gasteiger partial charge in [0.25, 0.3) is 0 Å². The summed E-state index contributed by atoms with van der Waals surface area (Å²) in [5, 5.41) is 14.8. The first kappa shape index (κ1) is 22.7. The number of nitrogens with zero attached hydrogens (tertiary/aromatic N) is 1. The lowest BCUT2D eigenvalue weighted by molar-refractivity contribution is -0.159. The highest BCUT2D eigenvalue weighted by Crippen LogP contribution is 2.31. The molecule has 1 fully saturated rings. The van der Waals surface area contributed by atoms with Crippen molar-refractivity contribution in [3.8, 4) is 5.75 Å². The number of benzene rings is 1. The fourth-order valence-corrected chi connectivity index (χ4v) is 2.52. The van der Waals surface area contributed by atoms with Crippen molar-refractivity contribution in [3.63, 3.8) is 0 Å². The average Bonchev–Trinajstić information content (AvgIpc) is 2.54. The SMILES string of the molecule is CC1CN(CCOc2cccc(C(F)(F)F)c2)CC(C)O1.O=C(O)C(=O)O. The number of carbonyl (C=O) groups is 2. The second kappa shape index (κ2) is 10.1. The van der Waals surface area contributed by atoms with Gasteiger partial charge < -0.3 is 19.7 Å². The summed E-state index contributed by atoms with van der Waals surface area (Å²) in [5.74, 6) is -3.40. The van der Waals surface area contributed by atoms with E-state index in [1.807, 2.05) is 13.8 Å². The second-order valence-corrected chi connectivity index (χ2v) is 6.00. The number of halogens is 3. The molecule has 0 saturated carbocycles. The van der Waals surface area contributed by atoms with Crippen LogP contribution in [0.25, 0.3) is 0 Å². The maximum atomic E-state index is 12.6. The molecule has 1 saturated heterocycles. The molecule has 0 amide bonds. The fraction of sp³-hybridized carbons (Fsp3) is 0.529. The van der Waals surface area contributed by atoms with Gasteiger partial charge in [-0.25, -0.2) is 9.59 Å². The van der Waals surface area contributed by atoms with Crippen molar-refractivity contribution in [2.75, 3.05) is 26.2 Å². The fourth-order valence-electron chi connectivity index (χ4n) is 2.52. The van der Waals surface area contributed by atoms with Crippen molar-refractivity contribution in [2.45, 2.75) is 32.2 Å². The molecule has 0 spiro atoms. The van der Waals surface area contributed by atoms with Crippen LogP contribution in [-0.2, 0) is 20.5 Å². The first-order valence-electron chi connectivity index (χ1n) is 8.13. The van der Waals surface area contributed by atoms with Crippen molar-refractivity contribution in [1.82, 2.24) is 4.90 Å². The number of aliphatic carboxylic acids is 2. The summed E-state index contributed by atoms with van der Waals surface area (Å²) < 4.78 is 48.8. The molecule has 0 aliphatic carbocycles. The van der Waals surface area contributed by atoms with Crippen LogP contribution in [0.5, 0.6) is 5.75 Å². The van der Waals surface area contributed by atoms with Crippen molar-refractivity contribution in [3.05, 3.63) is 29.8 Å². The molecule has 0 bridgehead atoms. The van der Waals surface area contributed by atoms with E-state index in [-0.39, 0.29) is 18.0 Å². The summed E-state index contributed by atoms with van der Waals surface area (Å²) in [7, 11) is 0. The highest BCUT2D eigenvalue weighted by Gasteiger charge is 2.30. The number of alkyl halides is 3. The molecule has 1 aromatic rings. The zero-order valence-corrected chi connectivity index (χ0v) is 14.9. The normalized spacial score (nSPS) is 20.3. The Morgan fingerprint density at radius 3 is 2.22 bits per heavy atom. The number of rotatable bonds is 4. The van der Waals surface area contributed by atoms with E-state index >= 15 is 0 Å². The molecule has 2 N–H and O–H groups in total. The van der Waals surface area contributed by atoms with E-state index in [1.54, 1.807) is 6.07 Å². The van der Waals surface area contributed by atoms with E-state index in [0.717, 1.165) is 25.2 Å². The van der Waals surface area contributed by atoms with Crippen LogP contribution in [0.15, 0.2) is 24.3 Å². The maximum absolute atomic E-state index is 12.6. The quantitative estimate of drug-likeness (QED) is 0.758. The molecule has 10 heteroatoms. The van der Waals surface area contributed by atoms with Gasteiger partial charge in [-0.1, -0.05) is 6.07 Å². The molecule has 1 heterocycles. The Kier molecular flexibility index (Phi) is 8.51. The van der Waals surface area contributed by atoms with Crippen LogP contribution < -0.4 is 4.74 Å². The van der Waals surface area contributed by atoms with Crippen molar-refractivity contribution >= 4 is 11.9 Å². The lowest BCUT2D eigenvalue weighted by atomic mass is 10.2. The molecular formula is C17H22F3NO6. The van der Waals surface area contributed by atoms with Gasteiger partial charge in [0.05, 0.1) is 17.8 Å². The van der Waals surface area contributed by atoms with Gasteiger partial charge in [0.15, 0.2) is 0 Å². The predicted octanol–water partition coefficient (Wildman–Crippen LogP) is 2.35. The number of carboxylic acids is 2. The van der Waals surface area contributed by atoms with Gasteiger partial charge in [-0.15, -0.1) is 0 Å². The molecule has 27 heavy (non-hydrogen) atoms. The van der Waals surface area contributed by atoms with Gasteiger partial charge in [0.2, 0.25) is 0 Å². The number of hydrogen-bond acceptors (Lipinski definition) is 5. The summed E-state index contributed by atoms with van der Waals surface area (Å²) in [4.78, 5) is 20.4. The standard InChI is InChI=1S/C15H20F3NO2.C2H2O4/c1-11-9-19(10-12(2)21-11)6-7-20-14-5-3-4-13(8-14)15(16,17)18;3-1(4)2(5)6/h3-5,8,11-12H,6-7,9-10H2,1-2H3;(H,3,4)(H,5,6). The van der Waals surface area contributed by atoms with E-state index in [1.165, 1.54) is 6.07 Å². The lowest BCUT2D eigenvalue weighted by Crippen LogP contribution is -2.46. The van der Waals surface area contributed by atoms with Crippen LogP contribution in [0.2, 0.25) is 0 Å². The zero-order valence-electron chi connectivity index (χ0n) is 14.9. The minimum Gasteiger partial charge on any atom is -0.492 e. The van der Waals surface area contributed by atoms with E-state index < -0.39 is 23.7 Å². The molecule has 0 radical (unpaired) electrons. The Morgan fingerprint density at radius 2 is 1.74 bits per heavy atom. The predicted molar refractivity (Wildman–Crippen MR) is 88.7 cm³/mol. The van der Waals surface area contributed by atoms with E-state index in [9.17, 15) is 13.2 Å². The Morgan fingerprint density at radius 1 is 1.19 bits per heavy atom. The van der Waals surface area contributed by atoms with Crippen molar-refractivity contribution in [2.24, 2.45) is 0 Å². The van der Waals surface area contributed by atoms with E-state index in [4.69, 9.17) is 29.3 Å². The molecule has 7 nitrogen and oxygen atoms in total. The van der Waals surface area contributed by atoms with Crippen molar-refractivity contribution < 1.29 is 42.4 Å². The van der Waals surface area contributed by atoms with Gasteiger partial charge in [0, 0.05) is 19.6 Å². The van der Waals surface area contributed by atoms with Gasteiger partial charge >= 0.3 is 18.1 Å². The second-order valence-electron chi connectivity index (χ2n) is 6.00. The van der Waals surface area contributed by atoms with Crippen LogP contribution in [0.3, 0.4) is 0 Å². The minimum absolute atomic E-state index is 0.169. The number of ether oxygens (including phenoxy) is 2.